The molecule has 152 valence electrons. The Morgan fingerprint density at radius 2 is 1.69 bits per heavy atom. The molecule has 29 heavy (non-hydrogen) atoms. The number of aromatic amines is 1. The fraction of sp³-hybridized carbons (Fsp3) is 0.238. The highest BCUT2D eigenvalue weighted by atomic mass is 16.5. The summed E-state index contributed by atoms with van der Waals surface area (Å²) in [7, 11) is 6.25. The predicted molar refractivity (Wildman–Crippen MR) is 109 cm³/mol. The third kappa shape index (κ3) is 4.60. The first-order valence-electron chi connectivity index (χ1n) is 8.86. The zero-order valence-corrected chi connectivity index (χ0v) is 16.7. The molecule has 0 aliphatic carbocycles. The van der Waals surface area contributed by atoms with Crippen molar-refractivity contribution < 1.29 is 23.7 Å². The maximum Gasteiger partial charge on any atom is 0.229 e. The van der Waals surface area contributed by atoms with Gasteiger partial charge in [0.1, 0.15) is 5.75 Å². The van der Waals surface area contributed by atoms with E-state index < -0.39 is 0 Å². The Hall–Kier alpha value is -3.68. The lowest BCUT2D eigenvalue weighted by molar-refractivity contribution is -0.115. The van der Waals surface area contributed by atoms with Crippen LogP contribution in [0.4, 0.5) is 5.82 Å². The van der Waals surface area contributed by atoms with Crippen LogP contribution in [-0.2, 0) is 11.2 Å². The molecule has 1 amide bonds. The molecule has 2 N–H and O–H groups in total. The molecule has 3 rings (SSSR count). The van der Waals surface area contributed by atoms with E-state index in [1.54, 1.807) is 46.6 Å². The number of nitrogens with zero attached hydrogens (tertiary/aromatic N) is 1. The minimum Gasteiger partial charge on any atom is -0.497 e. The van der Waals surface area contributed by atoms with Gasteiger partial charge in [0, 0.05) is 11.6 Å². The zero-order valence-electron chi connectivity index (χ0n) is 16.7. The minimum atomic E-state index is -0.179. The summed E-state index contributed by atoms with van der Waals surface area (Å²) >= 11 is 0. The average molecular weight is 397 g/mol. The van der Waals surface area contributed by atoms with Gasteiger partial charge in [-0.3, -0.25) is 9.89 Å². The summed E-state index contributed by atoms with van der Waals surface area (Å²) in [4.78, 5) is 12.3. The second kappa shape index (κ2) is 9.01. The summed E-state index contributed by atoms with van der Waals surface area (Å²) in [5, 5.41) is 9.87. The van der Waals surface area contributed by atoms with Crippen LogP contribution >= 0.6 is 0 Å². The van der Waals surface area contributed by atoms with Crippen molar-refractivity contribution in [2.45, 2.75) is 6.42 Å². The molecule has 2 aromatic carbocycles. The molecule has 0 bridgehead atoms. The Morgan fingerprint density at radius 3 is 2.31 bits per heavy atom. The first-order valence-corrected chi connectivity index (χ1v) is 8.86. The Kier molecular flexibility index (Phi) is 6.23. The summed E-state index contributed by atoms with van der Waals surface area (Å²) in [6.07, 6.45) is 0.212. The molecule has 1 aromatic heterocycles. The summed E-state index contributed by atoms with van der Waals surface area (Å²) < 4.78 is 21.3. The molecule has 8 nitrogen and oxygen atoms in total. The van der Waals surface area contributed by atoms with Gasteiger partial charge in [0.05, 0.1) is 40.6 Å². The molecule has 0 radical (unpaired) electrons. The van der Waals surface area contributed by atoms with Gasteiger partial charge < -0.3 is 24.3 Å². The Labute approximate surface area is 168 Å². The number of hydrogen-bond acceptors (Lipinski definition) is 6. The standard InChI is InChI=1S/C21H23N3O5/c1-26-15-7-5-6-13(8-15)9-20(25)22-19-12-16(23-24-19)14-10-17(27-2)21(29-4)18(11-14)28-3/h5-8,10-12H,9H2,1-4H3,(H2,22,23,24,25). The lowest BCUT2D eigenvalue weighted by atomic mass is 10.1. The molecule has 3 aromatic rings. The van der Waals surface area contributed by atoms with Crippen LogP contribution < -0.4 is 24.3 Å². The molecule has 0 fully saturated rings. The molecule has 0 saturated heterocycles. The van der Waals surface area contributed by atoms with Gasteiger partial charge in [0.25, 0.3) is 0 Å². The van der Waals surface area contributed by atoms with E-state index in [9.17, 15) is 4.79 Å². The third-order valence-electron chi connectivity index (χ3n) is 4.32. The summed E-state index contributed by atoms with van der Waals surface area (Å²) in [6, 6.07) is 12.7. The summed E-state index contributed by atoms with van der Waals surface area (Å²) in [6.45, 7) is 0. The van der Waals surface area contributed by atoms with Gasteiger partial charge in [-0.1, -0.05) is 12.1 Å². The highest BCUT2D eigenvalue weighted by molar-refractivity contribution is 5.92. The lowest BCUT2D eigenvalue weighted by Gasteiger charge is -2.13. The van der Waals surface area contributed by atoms with Crippen LogP contribution in [0.15, 0.2) is 42.5 Å². The van der Waals surface area contributed by atoms with Crippen LogP contribution in [0.25, 0.3) is 11.3 Å². The fourth-order valence-electron chi connectivity index (χ4n) is 2.93. The van der Waals surface area contributed by atoms with Crippen molar-refractivity contribution in [1.82, 2.24) is 10.2 Å². The summed E-state index contributed by atoms with van der Waals surface area (Å²) in [5.74, 6) is 2.51. The van der Waals surface area contributed by atoms with Crippen molar-refractivity contribution >= 4 is 11.7 Å². The predicted octanol–water partition coefficient (Wildman–Crippen LogP) is 3.29. The number of anilines is 1. The van der Waals surface area contributed by atoms with Crippen LogP contribution in [0.1, 0.15) is 5.56 Å². The van der Waals surface area contributed by atoms with E-state index in [2.05, 4.69) is 15.5 Å². The zero-order chi connectivity index (χ0) is 20.8. The van der Waals surface area contributed by atoms with Crippen molar-refractivity contribution in [1.29, 1.82) is 0 Å². The van der Waals surface area contributed by atoms with Crippen molar-refractivity contribution in [3.8, 4) is 34.3 Å². The van der Waals surface area contributed by atoms with Gasteiger partial charge >= 0.3 is 0 Å². The topological polar surface area (TPSA) is 94.7 Å². The number of nitrogens with one attached hydrogen (secondary N) is 2. The highest BCUT2D eigenvalue weighted by Crippen LogP contribution is 2.41. The van der Waals surface area contributed by atoms with Crippen molar-refractivity contribution in [3.63, 3.8) is 0 Å². The van der Waals surface area contributed by atoms with E-state index in [1.807, 2.05) is 24.3 Å². The molecule has 1 heterocycles. The van der Waals surface area contributed by atoms with Crippen molar-refractivity contribution in [3.05, 3.63) is 48.0 Å². The highest BCUT2D eigenvalue weighted by Gasteiger charge is 2.16. The number of carbonyl (C=O) groups is 1. The second-order valence-electron chi connectivity index (χ2n) is 6.16. The van der Waals surface area contributed by atoms with Gasteiger partial charge in [-0.05, 0) is 29.8 Å². The molecule has 8 heteroatoms. The Morgan fingerprint density at radius 1 is 0.966 bits per heavy atom. The van der Waals surface area contributed by atoms with Crippen LogP contribution in [-0.4, -0.2) is 44.5 Å². The first kappa shape index (κ1) is 20.1. The number of amides is 1. The lowest BCUT2D eigenvalue weighted by Crippen LogP contribution is -2.14. The SMILES string of the molecule is COc1cccc(CC(=O)Nc2cc(-c3cc(OC)c(OC)c(OC)c3)[nH]n2)c1. The van der Waals surface area contributed by atoms with Crippen LogP contribution in [0, 0.1) is 0 Å². The molecule has 0 saturated carbocycles. The molecule has 0 aliphatic heterocycles. The molecular weight excluding hydrogens is 374 g/mol. The monoisotopic (exact) mass is 397 g/mol. The average Bonchev–Trinajstić information content (AvgIpc) is 3.20. The van der Waals surface area contributed by atoms with Gasteiger partial charge in [0.2, 0.25) is 11.7 Å². The third-order valence-corrected chi connectivity index (χ3v) is 4.32. The van der Waals surface area contributed by atoms with Crippen molar-refractivity contribution in [2.24, 2.45) is 0 Å². The molecule has 0 unspecified atom stereocenters. The number of aromatic nitrogens is 2. The number of benzene rings is 2. The summed E-state index contributed by atoms with van der Waals surface area (Å²) in [5.41, 5.74) is 2.32. The van der Waals surface area contributed by atoms with E-state index in [0.29, 0.717) is 34.5 Å². The number of methoxy groups -OCH3 is 4. The fourth-order valence-corrected chi connectivity index (χ4v) is 2.93. The smallest absolute Gasteiger partial charge is 0.229 e. The number of hydrogen-bond donors (Lipinski definition) is 2. The minimum absolute atomic E-state index is 0.179. The van der Waals surface area contributed by atoms with E-state index >= 15 is 0 Å². The maximum atomic E-state index is 12.3. The number of carbonyl (C=O) groups excluding carboxylic acids is 1. The Balaban J connectivity index is 1.76. The van der Waals surface area contributed by atoms with Gasteiger partial charge in [-0.15, -0.1) is 0 Å². The van der Waals surface area contributed by atoms with Crippen molar-refractivity contribution in [2.75, 3.05) is 33.8 Å². The van der Waals surface area contributed by atoms with Crippen LogP contribution in [0.2, 0.25) is 0 Å². The number of ether oxygens (including phenoxy) is 4. The van der Waals surface area contributed by atoms with Crippen LogP contribution in [0.5, 0.6) is 23.0 Å². The van der Waals surface area contributed by atoms with E-state index in [1.165, 1.54) is 0 Å². The Bertz CT molecular complexity index is 974. The van der Waals surface area contributed by atoms with E-state index in [4.69, 9.17) is 18.9 Å². The maximum absolute atomic E-state index is 12.3. The van der Waals surface area contributed by atoms with Gasteiger partial charge in [0.15, 0.2) is 17.3 Å². The first-order chi connectivity index (χ1) is 14.1. The van der Waals surface area contributed by atoms with Gasteiger partial charge in [-0.25, -0.2) is 0 Å². The number of rotatable bonds is 8. The quantitative estimate of drug-likeness (QED) is 0.606. The van der Waals surface area contributed by atoms with Gasteiger partial charge in [-0.2, -0.15) is 5.10 Å². The largest absolute Gasteiger partial charge is 0.497 e. The normalized spacial score (nSPS) is 10.3. The molecule has 0 atom stereocenters. The van der Waals surface area contributed by atoms with E-state index in [-0.39, 0.29) is 12.3 Å². The molecule has 0 aliphatic rings. The number of H-pyrrole nitrogens is 1. The molecule has 0 spiro atoms. The molecular formula is C21H23N3O5. The van der Waals surface area contributed by atoms with E-state index in [0.717, 1.165) is 11.1 Å². The van der Waals surface area contributed by atoms with Crippen LogP contribution in [0.3, 0.4) is 0 Å². The second-order valence-corrected chi connectivity index (χ2v) is 6.16.